The van der Waals surface area contributed by atoms with Gasteiger partial charge in [-0.05, 0) is 32.0 Å². The number of thiazole rings is 1. The van der Waals surface area contributed by atoms with Gasteiger partial charge < -0.3 is 25.8 Å². The quantitative estimate of drug-likeness (QED) is 0.545. The van der Waals surface area contributed by atoms with E-state index in [-0.39, 0.29) is 13.0 Å². The van der Waals surface area contributed by atoms with Crippen LogP contribution in [0.3, 0.4) is 0 Å². The number of rotatable bonds is 10. The lowest BCUT2D eigenvalue weighted by Crippen LogP contribution is -2.32. The number of benzene rings is 1. The van der Waals surface area contributed by atoms with Crippen LogP contribution in [0.1, 0.15) is 29.9 Å². The van der Waals surface area contributed by atoms with E-state index in [1.165, 1.54) is 11.3 Å². The molecule has 3 amide bonds. The highest BCUT2D eigenvalue weighted by atomic mass is 32.1. The van der Waals surface area contributed by atoms with E-state index in [0.29, 0.717) is 41.1 Å². The van der Waals surface area contributed by atoms with Crippen molar-refractivity contribution >= 4 is 34.2 Å². The van der Waals surface area contributed by atoms with E-state index in [9.17, 15) is 14.4 Å². The van der Waals surface area contributed by atoms with E-state index in [0.717, 1.165) is 0 Å². The molecule has 1 aromatic carbocycles. The second-order valence-electron chi connectivity index (χ2n) is 5.55. The Balaban J connectivity index is 1.92. The minimum atomic E-state index is -0.503. The van der Waals surface area contributed by atoms with Gasteiger partial charge in [-0.15, -0.1) is 11.3 Å². The number of nitrogens with two attached hydrogens (primary N) is 1. The molecule has 2 rings (SSSR count). The zero-order valence-electron chi connectivity index (χ0n) is 15.6. The molecule has 0 radical (unpaired) electrons. The molecule has 0 aliphatic heterocycles. The number of amides is 3. The van der Waals surface area contributed by atoms with Crippen molar-refractivity contribution < 1.29 is 23.9 Å². The van der Waals surface area contributed by atoms with E-state index in [4.69, 9.17) is 15.2 Å². The number of hydrogen-bond acceptors (Lipinski definition) is 7. The number of hydrogen-bond donors (Lipinski definition) is 3. The molecule has 0 saturated carbocycles. The van der Waals surface area contributed by atoms with Crippen molar-refractivity contribution in [3.63, 3.8) is 0 Å². The smallest absolute Gasteiger partial charge is 0.251 e. The summed E-state index contributed by atoms with van der Waals surface area (Å²) in [5, 5.41) is 7.05. The van der Waals surface area contributed by atoms with Gasteiger partial charge in [0.15, 0.2) is 16.6 Å². The minimum absolute atomic E-state index is 0.00299. The Labute approximate surface area is 166 Å². The van der Waals surface area contributed by atoms with Crippen LogP contribution in [-0.2, 0) is 16.0 Å². The van der Waals surface area contributed by atoms with Gasteiger partial charge >= 0.3 is 0 Å². The first-order chi connectivity index (χ1) is 13.4. The summed E-state index contributed by atoms with van der Waals surface area (Å²) in [5.74, 6) is -0.352. The molecular weight excluding hydrogens is 384 g/mol. The Morgan fingerprint density at radius 3 is 2.54 bits per heavy atom. The molecule has 4 N–H and O–H groups in total. The first-order valence-corrected chi connectivity index (χ1v) is 9.51. The van der Waals surface area contributed by atoms with Gasteiger partial charge in [-0.1, -0.05) is 0 Å². The molecule has 1 heterocycles. The average Bonchev–Trinajstić information content (AvgIpc) is 3.07. The average molecular weight is 406 g/mol. The van der Waals surface area contributed by atoms with Gasteiger partial charge in [0, 0.05) is 10.9 Å². The molecule has 1 aromatic heterocycles. The summed E-state index contributed by atoms with van der Waals surface area (Å²) in [6.45, 7) is 4.36. The van der Waals surface area contributed by atoms with Crippen molar-refractivity contribution in [1.82, 2.24) is 10.3 Å². The van der Waals surface area contributed by atoms with Crippen LogP contribution in [0.15, 0.2) is 23.6 Å². The number of carbonyl (C=O) groups is 3. The predicted molar refractivity (Wildman–Crippen MR) is 105 cm³/mol. The summed E-state index contributed by atoms with van der Waals surface area (Å²) < 4.78 is 10.9. The Hall–Kier alpha value is -3.14. The number of aromatic nitrogens is 1. The normalized spacial score (nSPS) is 10.2. The molecule has 10 heteroatoms. The van der Waals surface area contributed by atoms with Crippen LogP contribution in [0.2, 0.25) is 0 Å². The van der Waals surface area contributed by atoms with Crippen LogP contribution in [-0.4, -0.2) is 42.5 Å². The summed E-state index contributed by atoms with van der Waals surface area (Å²) in [5.41, 5.74) is 5.93. The SMILES string of the molecule is CCOc1ccc(C(=O)NCC(=O)Nc2nc(CC(N)=O)cs2)cc1OCC. The van der Waals surface area contributed by atoms with Crippen LogP contribution in [0.25, 0.3) is 0 Å². The summed E-state index contributed by atoms with van der Waals surface area (Å²) in [4.78, 5) is 39.2. The fraction of sp³-hybridized carbons (Fsp3) is 0.333. The zero-order chi connectivity index (χ0) is 20.5. The van der Waals surface area contributed by atoms with Gasteiger partial charge in [-0.25, -0.2) is 4.98 Å². The highest BCUT2D eigenvalue weighted by Crippen LogP contribution is 2.28. The van der Waals surface area contributed by atoms with Crippen molar-refractivity contribution in [3.05, 3.63) is 34.8 Å². The number of nitrogens with one attached hydrogen (secondary N) is 2. The summed E-state index contributed by atoms with van der Waals surface area (Å²) >= 11 is 1.17. The number of nitrogens with zero attached hydrogens (tertiary/aromatic N) is 1. The molecule has 9 nitrogen and oxygen atoms in total. The molecule has 0 saturated heterocycles. The van der Waals surface area contributed by atoms with Crippen molar-refractivity contribution in [2.45, 2.75) is 20.3 Å². The van der Waals surface area contributed by atoms with E-state index in [1.807, 2.05) is 13.8 Å². The lowest BCUT2D eigenvalue weighted by Gasteiger charge is -2.12. The van der Waals surface area contributed by atoms with E-state index >= 15 is 0 Å². The molecule has 150 valence electrons. The van der Waals surface area contributed by atoms with Crippen molar-refractivity contribution in [3.8, 4) is 11.5 Å². The van der Waals surface area contributed by atoms with Crippen LogP contribution in [0.5, 0.6) is 11.5 Å². The van der Waals surface area contributed by atoms with Crippen molar-refractivity contribution in [1.29, 1.82) is 0 Å². The minimum Gasteiger partial charge on any atom is -0.490 e. The monoisotopic (exact) mass is 406 g/mol. The lowest BCUT2D eigenvalue weighted by atomic mass is 10.2. The highest BCUT2D eigenvalue weighted by molar-refractivity contribution is 7.13. The van der Waals surface area contributed by atoms with Crippen LogP contribution in [0, 0.1) is 0 Å². The Morgan fingerprint density at radius 2 is 1.86 bits per heavy atom. The molecule has 0 aliphatic rings. The lowest BCUT2D eigenvalue weighted by molar-refractivity contribution is -0.117. The maximum absolute atomic E-state index is 12.3. The second-order valence-corrected chi connectivity index (χ2v) is 6.40. The maximum Gasteiger partial charge on any atom is 0.251 e. The predicted octanol–water partition coefficient (Wildman–Crippen LogP) is 1.34. The Morgan fingerprint density at radius 1 is 1.14 bits per heavy atom. The topological polar surface area (TPSA) is 133 Å². The fourth-order valence-electron chi connectivity index (χ4n) is 2.24. The van der Waals surface area contributed by atoms with Gasteiger partial charge in [0.25, 0.3) is 5.91 Å². The number of carbonyl (C=O) groups excluding carboxylic acids is 3. The molecule has 0 atom stereocenters. The highest BCUT2D eigenvalue weighted by Gasteiger charge is 2.13. The Kier molecular flexibility index (Phi) is 7.76. The first kappa shape index (κ1) is 21.2. The molecule has 2 aromatic rings. The van der Waals surface area contributed by atoms with Crippen LogP contribution >= 0.6 is 11.3 Å². The molecule has 0 unspecified atom stereocenters. The van der Waals surface area contributed by atoms with E-state index < -0.39 is 17.7 Å². The molecule has 0 spiro atoms. The van der Waals surface area contributed by atoms with Crippen LogP contribution in [0.4, 0.5) is 5.13 Å². The number of primary amides is 1. The first-order valence-electron chi connectivity index (χ1n) is 8.63. The summed E-state index contributed by atoms with van der Waals surface area (Å²) in [6.07, 6.45) is 0.00299. The third kappa shape index (κ3) is 6.23. The summed E-state index contributed by atoms with van der Waals surface area (Å²) in [7, 11) is 0. The van der Waals surface area contributed by atoms with E-state index in [1.54, 1.807) is 23.6 Å². The third-order valence-corrected chi connectivity index (χ3v) is 4.18. The molecule has 0 aliphatic carbocycles. The van der Waals surface area contributed by atoms with Gasteiger partial charge in [-0.3, -0.25) is 14.4 Å². The molecule has 28 heavy (non-hydrogen) atoms. The fourth-order valence-corrected chi connectivity index (χ4v) is 2.97. The molecule has 0 fully saturated rings. The van der Waals surface area contributed by atoms with E-state index in [2.05, 4.69) is 15.6 Å². The maximum atomic E-state index is 12.3. The van der Waals surface area contributed by atoms with Gasteiger partial charge in [0.2, 0.25) is 11.8 Å². The van der Waals surface area contributed by atoms with Crippen molar-refractivity contribution in [2.24, 2.45) is 5.73 Å². The third-order valence-electron chi connectivity index (χ3n) is 3.37. The largest absolute Gasteiger partial charge is 0.490 e. The summed E-state index contributed by atoms with van der Waals surface area (Å²) in [6, 6.07) is 4.82. The van der Waals surface area contributed by atoms with Crippen LogP contribution < -0.4 is 25.8 Å². The zero-order valence-corrected chi connectivity index (χ0v) is 16.4. The Bertz CT molecular complexity index is 852. The molecule has 0 bridgehead atoms. The standard InChI is InChI=1S/C18H22N4O5S/c1-3-26-13-6-5-11(7-14(13)27-4-2)17(25)20-9-16(24)22-18-21-12(10-28-18)8-15(19)23/h5-7,10H,3-4,8-9H2,1-2H3,(H2,19,23)(H,20,25)(H,21,22,24). The van der Waals surface area contributed by atoms with Gasteiger partial charge in [-0.2, -0.15) is 0 Å². The number of anilines is 1. The van der Waals surface area contributed by atoms with Gasteiger partial charge in [0.1, 0.15) is 0 Å². The second kappa shape index (κ2) is 10.3. The molecular formula is C18H22N4O5S. The number of ether oxygens (including phenoxy) is 2. The van der Waals surface area contributed by atoms with Crippen molar-refractivity contribution in [2.75, 3.05) is 25.1 Å². The van der Waals surface area contributed by atoms with Gasteiger partial charge in [0.05, 0.1) is 31.9 Å².